The number of aromatic amines is 1. The molecule has 18 heavy (non-hydrogen) atoms. The fourth-order valence-corrected chi connectivity index (χ4v) is 2.38. The molecule has 0 bridgehead atoms. The number of benzene rings is 1. The molecule has 1 aromatic carbocycles. The van der Waals surface area contributed by atoms with Crippen LogP contribution in [0, 0.1) is 13.8 Å². The Morgan fingerprint density at radius 1 is 1.22 bits per heavy atom. The van der Waals surface area contributed by atoms with Gasteiger partial charge in [0.2, 0.25) is 0 Å². The molecule has 2 rings (SSSR count). The van der Waals surface area contributed by atoms with Crippen LogP contribution in [0.5, 0.6) is 0 Å². The van der Waals surface area contributed by atoms with E-state index in [0.29, 0.717) is 11.3 Å². The Labute approximate surface area is 104 Å². The van der Waals surface area contributed by atoms with Gasteiger partial charge in [0, 0.05) is 11.3 Å². The van der Waals surface area contributed by atoms with Crippen molar-refractivity contribution in [2.75, 3.05) is 0 Å². The van der Waals surface area contributed by atoms with Crippen LogP contribution in [-0.2, 0) is 10.1 Å². The number of hydrogen-bond acceptors (Lipinski definition) is 3. The van der Waals surface area contributed by atoms with Gasteiger partial charge in [-0.25, -0.2) is 0 Å². The quantitative estimate of drug-likeness (QED) is 0.796. The third-order valence-corrected chi connectivity index (χ3v) is 3.72. The third kappa shape index (κ3) is 1.98. The summed E-state index contributed by atoms with van der Waals surface area (Å²) in [7, 11) is -4.34. The van der Waals surface area contributed by atoms with Crippen LogP contribution in [0.25, 0.3) is 5.69 Å². The fourth-order valence-electron chi connectivity index (χ4n) is 1.70. The van der Waals surface area contributed by atoms with Crippen molar-refractivity contribution in [3.8, 4) is 5.69 Å². The van der Waals surface area contributed by atoms with E-state index in [1.807, 2.05) is 0 Å². The Morgan fingerprint density at radius 2 is 1.83 bits per heavy atom. The summed E-state index contributed by atoms with van der Waals surface area (Å²) in [6.07, 6.45) is 0. The molecule has 0 aliphatic carbocycles. The molecule has 2 aromatic rings. The largest absolute Gasteiger partial charge is 0.296 e. The number of hydrogen-bond donors (Lipinski definition) is 2. The highest BCUT2D eigenvalue weighted by Gasteiger charge is 2.18. The first-order chi connectivity index (χ1) is 8.32. The zero-order valence-electron chi connectivity index (χ0n) is 9.84. The van der Waals surface area contributed by atoms with Gasteiger partial charge in [-0.2, -0.15) is 8.42 Å². The molecule has 0 radical (unpaired) electrons. The van der Waals surface area contributed by atoms with Gasteiger partial charge in [-0.3, -0.25) is 19.1 Å². The highest BCUT2D eigenvalue weighted by Crippen LogP contribution is 2.20. The summed E-state index contributed by atoms with van der Waals surface area (Å²) < 4.78 is 33.1. The van der Waals surface area contributed by atoms with Crippen LogP contribution < -0.4 is 5.56 Å². The zero-order chi connectivity index (χ0) is 13.5. The average molecular weight is 268 g/mol. The number of para-hydroxylation sites is 1. The normalized spacial score (nSPS) is 11.7. The van der Waals surface area contributed by atoms with E-state index in [2.05, 4.69) is 5.10 Å². The first-order valence-electron chi connectivity index (χ1n) is 5.17. The number of aromatic nitrogens is 2. The molecule has 0 amide bonds. The van der Waals surface area contributed by atoms with E-state index in [-0.39, 0.29) is 16.1 Å². The molecule has 6 nitrogen and oxygen atoms in total. The molecule has 2 N–H and O–H groups in total. The standard InChI is InChI=1S/C11H12N2O4S/c1-7-8(2)13(12-11(7)14)9-5-3-4-6-10(9)18(15,16)17/h3-6H,1-2H3,(H,12,14)(H,15,16,17). The van der Waals surface area contributed by atoms with E-state index in [4.69, 9.17) is 4.55 Å². The maximum Gasteiger partial charge on any atom is 0.296 e. The second kappa shape index (κ2) is 4.11. The Hall–Kier alpha value is -1.86. The zero-order valence-corrected chi connectivity index (χ0v) is 10.7. The monoisotopic (exact) mass is 268 g/mol. The first-order valence-corrected chi connectivity index (χ1v) is 6.61. The van der Waals surface area contributed by atoms with E-state index < -0.39 is 10.1 Å². The first kappa shape index (κ1) is 12.6. The van der Waals surface area contributed by atoms with E-state index in [9.17, 15) is 13.2 Å². The number of rotatable bonds is 2. The highest BCUT2D eigenvalue weighted by molar-refractivity contribution is 7.86. The molecular weight excluding hydrogens is 256 g/mol. The van der Waals surface area contributed by atoms with Gasteiger partial charge >= 0.3 is 0 Å². The van der Waals surface area contributed by atoms with Crippen molar-refractivity contribution in [1.82, 2.24) is 9.78 Å². The van der Waals surface area contributed by atoms with Gasteiger partial charge in [0.25, 0.3) is 15.7 Å². The summed E-state index contributed by atoms with van der Waals surface area (Å²) in [6, 6.07) is 5.90. The Morgan fingerprint density at radius 3 is 2.33 bits per heavy atom. The lowest BCUT2D eigenvalue weighted by Crippen LogP contribution is -2.10. The molecular formula is C11H12N2O4S. The third-order valence-electron chi connectivity index (χ3n) is 2.82. The summed E-state index contributed by atoms with van der Waals surface area (Å²) in [4.78, 5) is 11.3. The van der Waals surface area contributed by atoms with Crippen molar-refractivity contribution < 1.29 is 13.0 Å². The Bertz CT molecular complexity index is 756. The van der Waals surface area contributed by atoms with Crippen LogP contribution in [0.2, 0.25) is 0 Å². The number of nitrogens with one attached hydrogen (secondary N) is 1. The molecule has 0 aliphatic heterocycles. The smallest absolute Gasteiger partial charge is 0.282 e. The molecule has 0 fully saturated rings. The van der Waals surface area contributed by atoms with Crippen LogP contribution in [0.15, 0.2) is 34.0 Å². The van der Waals surface area contributed by atoms with E-state index in [1.165, 1.54) is 22.9 Å². The molecule has 0 saturated heterocycles. The van der Waals surface area contributed by atoms with Gasteiger partial charge in [-0.15, -0.1) is 0 Å². The van der Waals surface area contributed by atoms with Gasteiger partial charge in [-0.1, -0.05) is 12.1 Å². The minimum absolute atomic E-state index is 0.211. The SMILES string of the molecule is Cc1c(C)n(-c2ccccc2S(=O)(=O)O)[nH]c1=O. The van der Waals surface area contributed by atoms with Crippen LogP contribution in [0.4, 0.5) is 0 Å². The maximum atomic E-state index is 11.5. The van der Waals surface area contributed by atoms with Gasteiger partial charge in [0.05, 0.1) is 5.69 Å². The summed E-state index contributed by atoms with van der Waals surface area (Å²) in [5, 5.41) is 2.53. The molecule has 0 spiro atoms. The topological polar surface area (TPSA) is 92.2 Å². The molecule has 1 heterocycles. The summed E-state index contributed by atoms with van der Waals surface area (Å²) in [5.74, 6) is 0. The summed E-state index contributed by atoms with van der Waals surface area (Å²) >= 11 is 0. The van der Waals surface area contributed by atoms with E-state index in [1.54, 1.807) is 19.9 Å². The second-order valence-corrected chi connectivity index (χ2v) is 5.32. The van der Waals surface area contributed by atoms with Crippen molar-refractivity contribution in [3.05, 3.63) is 45.9 Å². The lowest BCUT2D eigenvalue weighted by molar-refractivity contribution is 0.482. The van der Waals surface area contributed by atoms with Crippen LogP contribution >= 0.6 is 0 Å². The molecule has 96 valence electrons. The lowest BCUT2D eigenvalue weighted by Gasteiger charge is -2.09. The summed E-state index contributed by atoms with van der Waals surface area (Å²) in [5.41, 5.74) is 1.01. The van der Waals surface area contributed by atoms with E-state index in [0.717, 1.165) is 0 Å². The highest BCUT2D eigenvalue weighted by atomic mass is 32.2. The molecule has 7 heteroatoms. The van der Waals surface area contributed by atoms with Gasteiger partial charge in [0.1, 0.15) is 4.90 Å². The molecule has 0 saturated carbocycles. The predicted molar refractivity (Wildman–Crippen MR) is 65.7 cm³/mol. The van der Waals surface area contributed by atoms with Crippen molar-refractivity contribution in [2.24, 2.45) is 0 Å². The van der Waals surface area contributed by atoms with E-state index >= 15 is 0 Å². The van der Waals surface area contributed by atoms with Gasteiger partial charge in [-0.05, 0) is 26.0 Å². The van der Waals surface area contributed by atoms with Crippen LogP contribution in [0.3, 0.4) is 0 Å². The number of nitrogens with zero attached hydrogens (tertiary/aromatic N) is 1. The average Bonchev–Trinajstić information content (AvgIpc) is 2.56. The molecule has 0 atom stereocenters. The van der Waals surface area contributed by atoms with Crippen molar-refractivity contribution in [1.29, 1.82) is 0 Å². The minimum atomic E-state index is -4.34. The Kier molecular flexibility index (Phi) is 2.88. The molecule has 0 unspecified atom stereocenters. The minimum Gasteiger partial charge on any atom is -0.282 e. The van der Waals surface area contributed by atoms with Crippen LogP contribution in [-0.4, -0.2) is 22.8 Å². The van der Waals surface area contributed by atoms with Crippen molar-refractivity contribution in [2.45, 2.75) is 18.7 Å². The Balaban J connectivity index is 2.80. The maximum absolute atomic E-state index is 11.5. The predicted octanol–water partition coefficient (Wildman–Crippen LogP) is 1.03. The van der Waals surface area contributed by atoms with Gasteiger partial charge < -0.3 is 0 Å². The lowest BCUT2D eigenvalue weighted by atomic mass is 10.2. The van der Waals surface area contributed by atoms with Crippen molar-refractivity contribution in [3.63, 3.8) is 0 Å². The number of H-pyrrole nitrogens is 1. The molecule has 1 aromatic heterocycles. The summed E-state index contributed by atoms with van der Waals surface area (Å²) in [6.45, 7) is 3.33. The second-order valence-electron chi connectivity index (χ2n) is 3.93. The van der Waals surface area contributed by atoms with Crippen LogP contribution in [0.1, 0.15) is 11.3 Å². The van der Waals surface area contributed by atoms with Crippen molar-refractivity contribution >= 4 is 10.1 Å². The fraction of sp³-hybridized carbons (Fsp3) is 0.182. The van der Waals surface area contributed by atoms with Gasteiger partial charge in [0.15, 0.2) is 0 Å². The molecule has 0 aliphatic rings.